The van der Waals surface area contributed by atoms with Crippen molar-refractivity contribution in [2.75, 3.05) is 25.1 Å². The van der Waals surface area contributed by atoms with E-state index in [1.54, 1.807) is 0 Å². The van der Waals surface area contributed by atoms with Gasteiger partial charge < -0.3 is 21.1 Å². The van der Waals surface area contributed by atoms with Crippen LogP contribution in [-0.2, 0) is 14.3 Å². The Labute approximate surface area is 155 Å². The van der Waals surface area contributed by atoms with Crippen molar-refractivity contribution in [3.63, 3.8) is 0 Å². The van der Waals surface area contributed by atoms with Gasteiger partial charge in [0.15, 0.2) is 0 Å². The zero-order valence-electron chi connectivity index (χ0n) is 15.1. The Morgan fingerprint density at radius 1 is 1.20 bits per heavy atom. The molecule has 0 aromatic heterocycles. The molecule has 1 heterocycles. The molecule has 1 aromatic rings. The van der Waals surface area contributed by atoms with E-state index in [4.69, 9.17) is 10.5 Å². The smallest absolute Gasteiger partial charge is 0.243 e. The van der Waals surface area contributed by atoms with Crippen LogP contribution in [0.15, 0.2) is 12.1 Å². The Kier molecular flexibility index (Phi) is 8.35. The highest BCUT2D eigenvalue weighted by atomic mass is 35.5. The molecule has 0 saturated carbocycles. The predicted molar refractivity (Wildman–Crippen MR) is 101 cm³/mol. The first kappa shape index (κ1) is 21.4. The molecule has 140 valence electrons. The molecule has 1 unspecified atom stereocenters. The first-order valence-corrected chi connectivity index (χ1v) is 8.37. The quantitative estimate of drug-likeness (QED) is 0.738. The Morgan fingerprint density at radius 3 is 2.32 bits per heavy atom. The molecule has 2 rings (SSSR count). The van der Waals surface area contributed by atoms with E-state index in [9.17, 15) is 9.59 Å². The van der Waals surface area contributed by atoms with Gasteiger partial charge in [-0.1, -0.05) is 17.7 Å². The number of halogens is 1. The van der Waals surface area contributed by atoms with Gasteiger partial charge in [0.25, 0.3) is 0 Å². The minimum atomic E-state index is -0.593. The van der Waals surface area contributed by atoms with E-state index in [0.717, 1.165) is 35.2 Å². The minimum Gasteiger partial charge on any atom is -0.381 e. The fraction of sp³-hybridized carbons (Fsp3) is 0.556. The van der Waals surface area contributed by atoms with Gasteiger partial charge in [-0.2, -0.15) is 0 Å². The largest absolute Gasteiger partial charge is 0.381 e. The van der Waals surface area contributed by atoms with Crippen molar-refractivity contribution in [1.29, 1.82) is 0 Å². The highest BCUT2D eigenvalue weighted by Gasteiger charge is 2.26. The molecule has 1 aromatic carbocycles. The van der Waals surface area contributed by atoms with Crippen LogP contribution >= 0.6 is 12.4 Å². The number of carbonyl (C=O) groups is 2. The van der Waals surface area contributed by atoms with Crippen LogP contribution in [0.3, 0.4) is 0 Å². The molecule has 2 amide bonds. The van der Waals surface area contributed by atoms with Gasteiger partial charge >= 0.3 is 0 Å². The maximum atomic E-state index is 12.1. The highest BCUT2D eigenvalue weighted by Crippen LogP contribution is 2.21. The Hall–Kier alpha value is -1.63. The molecule has 1 saturated heterocycles. The van der Waals surface area contributed by atoms with Crippen molar-refractivity contribution in [3.8, 4) is 0 Å². The lowest BCUT2D eigenvalue weighted by Gasteiger charge is -2.26. The van der Waals surface area contributed by atoms with Crippen molar-refractivity contribution < 1.29 is 14.3 Å². The SMILES string of the molecule is Cc1cc(C)c(NC(=O)CNC(=O)C(N)C2CCOCC2)c(C)c1.Cl. The molecule has 0 radical (unpaired) electrons. The molecule has 1 atom stereocenters. The summed E-state index contributed by atoms with van der Waals surface area (Å²) in [5, 5.41) is 5.50. The molecule has 0 bridgehead atoms. The Bertz CT molecular complexity index is 593. The number of carbonyl (C=O) groups excluding carboxylic acids is 2. The van der Waals surface area contributed by atoms with Crippen molar-refractivity contribution in [1.82, 2.24) is 5.32 Å². The van der Waals surface area contributed by atoms with Gasteiger partial charge in [0, 0.05) is 18.9 Å². The number of amides is 2. The molecule has 6 nitrogen and oxygen atoms in total. The normalized spacial score (nSPS) is 15.8. The summed E-state index contributed by atoms with van der Waals surface area (Å²) in [7, 11) is 0. The second-order valence-corrected chi connectivity index (χ2v) is 6.52. The molecule has 25 heavy (non-hydrogen) atoms. The van der Waals surface area contributed by atoms with Gasteiger partial charge in [0.05, 0.1) is 12.6 Å². The number of aryl methyl sites for hydroxylation is 3. The summed E-state index contributed by atoms with van der Waals surface area (Å²) >= 11 is 0. The third-order valence-electron chi connectivity index (χ3n) is 4.44. The number of ether oxygens (including phenoxy) is 1. The molecule has 1 aliphatic heterocycles. The van der Waals surface area contributed by atoms with Crippen molar-refractivity contribution in [2.24, 2.45) is 11.7 Å². The minimum absolute atomic E-state index is 0. The summed E-state index contributed by atoms with van der Waals surface area (Å²) in [6, 6.07) is 3.44. The number of nitrogens with two attached hydrogens (primary N) is 1. The summed E-state index contributed by atoms with van der Waals surface area (Å²) in [5.41, 5.74) is 9.96. The van der Waals surface area contributed by atoms with Crippen LogP contribution in [0.1, 0.15) is 29.5 Å². The molecule has 4 N–H and O–H groups in total. The van der Waals surface area contributed by atoms with Crippen LogP contribution < -0.4 is 16.4 Å². The summed E-state index contributed by atoms with van der Waals surface area (Å²) in [6.07, 6.45) is 1.56. The maximum Gasteiger partial charge on any atom is 0.243 e. The number of benzene rings is 1. The number of rotatable bonds is 5. The van der Waals surface area contributed by atoms with Crippen LogP contribution in [0.2, 0.25) is 0 Å². The van der Waals surface area contributed by atoms with Gasteiger partial charge in [0.1, 0.15) is 0 Å². The van der Waals surface area contributed by atoms with Crippen LogP contribution in [0, 0.1) is 26.7 Å². The zero-order chi connectivity index (χ0) is 17.7. The summed E-state index contributed by atoms with van der Waals surface area (Å²) < 4.78 is 5.27. The average Bonchev–Trinajstić information content (AvgIpc) is 2.56. The second-order valence-electron chi connectivity index (χ2n) is 6.52. The molecule has 0 spiro atoms. The molecule has 1 aliphatic rings. The lowest BCUT2D eigenvalue weighted by Crippen LogP contribution is -2.48. The average molecular weight is 370 g/mol. The summed E-state index contributed by atoms with van der Waals surface area (Å²) in [5.74, 6) is -0.421. The predicted octanol–water partition coefficient (Wildman–Crippen LogP) is 1.84. The first-order valence-electron chi connectivity index (χ1n) is 8.37. The van der Waals surface area contributed by atoms with Crippen molar-refractivity contribution in [3.05, 3.63) is 28.8 Å². The number of nitrogens with one attached hydrogen (secondary N) is 2. The molecular weight excluding hydrogens is 342 g/mol. The van der Waals surface area contributed by atoms with Gasteiger partial charge in [-0.05, 0) is 50.7 Å². The molecule has 1 fully saturated rings. The molecule has 7 heteroatoms. The van der Waals surface area contributed by atoms with E-state index in [1.165, 1.54) is 0 Å². The van der Waals surface area contributed by atoms with Gasteiger partial charge in [-0.15, -0.1) is 12.4 Å². The number of anilines is 1. The fourth-order valence-electron chi connectivity index (χ4n) is 3.14. The van der Waals surface area contributed by atoms with Crippen molar-refractivity contribution in [2.45, 2.75) is 39.7 Å². The van der Waals surface area contributed by atoms with E-state index >= 15 is 0 Å². The molecular formula is C18H28ClN3O3. The van der Waals surface area contributed by atoms with Gasteiger partial charge in [-0.3, -0.25) is 9.59 Å². The van der Waals surface area contributed by atoms with E-state index in [2.05, 4.69) is 10.6 Å². The van der Waals surface area contributed by atoms with E-state index in [0.29, 0.717) is 13.2 Å². The monoisotopic (exact) mass is 369 g/mol. The van der Waals surface area contributed by atoms with Crippen molar-refractivity contribution >= 4 is 29.9 Å². The summed E-state index contributed by atoms with van der Waals surface area (Å²) in [6.45, 7) is 7.12. The van der Waals surface area contributed by atoms with Gasteiger partial charge in [-0.25, -0.2) is 0 Å². The van der Waals surface area contributed by atoms with Crippen LogP contribution in [0.4, 0.5) is 5.69 Å². The third kappa shape index (κ3) is 5.99. The highest BCUT2D eigenvalue weighted by molar-refractivity contribution is 5.96. The summed E-state index contributed by atoms with van der Waals surface area (Å²) in [4.78, 5) is 24.2. The first-order chi connectivity index (χ1) is 11.4. The van der Waals surface area contributed by atoms with Crippen LogP contribution in [0.5, 0.6) is 0 Å². The fourth-order valence-corrected chi connectivity index (χ4v) is 3.14. The standard InChI is InChI=1S/C18H27N3O3.ClH/c1-11-8-12(2)17(13(3)9-11)21-15(22)10-20-18(23)16(19)14-4-6-24-7-5-14;/h8-9,14,16H,4-7,10,19H2,1-3H3,(H,20,23)(H,21,22);1H. The Balaban J connectivity index is 0.00000312. The van der Waals surface area contributed by atoms with E-state index < -0.39 is 6.04 Å². The lowest BCUT2D eigenvalue weighted by molar-refractivity contribution is -0.126. The van der Waals surface area contributed by atoms with Crippen LogP contribution in [0.25, 0.3) is 0 Å². The number of hydrogen-bond donors (Lipinski definition) is 3. The Morgan fingerprint density at radius 2 is 1.76 bits per heavy atom. The number of hydrogen-bond acceptors (Lipinski definition) is 4. The third-order valence-corrected chi connectivity index (χ3v) is 4.44. The second kappa shape index (κ2) is 9.75. The van der Waals surface area contributed by atoms with Gasteiger partial charge in [0.2, 0.25) is 11.8 Å². The zero-order valence-corrected chi connectivity index (χ0v) is 15.9. The lowest BCUT2D eigenvalue weighted by atomic mass is 9.92. The van der Waals surface area contributed by atoms with Crippen LogP contribution in [-0.4, -0.2) is 37.6 Å². The molecule has 0 aliphatic carbocycles. The van der Waals surface area contributed by atoms with E-state index in [-0.39, 0.29) is 36.7 Å². The maximum absolute atomic E-state index is 12.1. The topological polar surface area (TPSA) is 93.5 Å². The van der Waals surface area contributed by atoms with E-state index in [1.807, 2.05) is 32.9 Å².